The number of aliphatic hydroxyl groups is 1. The molecule has 0 atom stereocenters. The fourth-order valence-corrected chi connectivity index (χ4v) is 3.96. The molecule has 2 heterocycles. The summed E-state index contributed by atoms with van der Waals surface area (Å²) >= 11 is 1.39. The molecule has 4 aromatic rings. The Labute approximate surface area is 140 Å². The first-order valence-electron chi connectivity index (χ1n) is 7.48. The van der Waals surface area contributed by atoms with E-state index in [4.69, 9.17) is 5.11 Å². The number of pyridine rings is 1. The van der Waals surface area contributed by atoms with E-state index < -0.39 is 5.82 Å². The van der Waals surface area contributed by atoms with Crippen molar-refractivity contribution in [3.63, 3.8) is 0 Å². The van der Waals surface area contributed by atoms with E-state index >= 15 is 0 Å². The molecule has 0 radical (unpaired) electrons. The molecule has 6 heteroatoms. The van der Waals surface area contributed by atoms with Crippen LogP contribution in [0.5, 0.6) is 0 Å². The first kappa shape index (κ1) is 15.0. The van der Waals surface area contributed by atoms with E-state index in [2.05, 4.69) is 10.3 Å². The van der Waals surface area contributed by atoms with Crippen LogP contribution in [0.15, 0.2) is 47.3 Å². The number of nitrogens with one attached hydrogen (secondary N) is 1. The number of rotatable bonds is 3. The van der Waals surface area contributed by atoms with E-state index in [1.54, 1.807) is 6.07 Å². The Morgan fingerprint density at radius 2 is 2.00 bits per heavy atom. The summed E-state index contributed by atoms with van der Waals surface area (Å²) in [6, 6.07) is 11.6. The van der Waals surface area contributed by atoms with Crippen molar-refractivity contribution in [3.8, 4) is 0 Å². The molecule has 2 N–H and O–H groups in total. The van der Waals surface area contributed by atoms with E-state index in [-0.39, 0.29) is 12.0 Å². The average molecular weight is 340 g/mol. The Bertz CT molecular complexity index is 1140. The number of halogens is 1. The number of aliphatic hydroxyl groups excluding tert-OH is 1. The van der Waals surface area contributed by atoms with Crippen LogP contribution in [0.3, 0.4) is 0 Å². The predicted octanol–water partition coefficient (Wildman–Crippen LogP) is 3.51. The van der Waals surface area contributed by atoms with Crippen molar-refractivity contribution in [3.05, 3.63) is 58.5 Å². The number of hydrogen-bond acceptors (Lipinski definition) is 5. The van der Waals surface area contributed by atoms with E-state index in [1.165, 1.54) is 23.5 Å². The zero-order valence-electron chi connectivity index (χ0n) is 12.5. The molecule has 0 saturated heterocycles. The van der Waals surface area contributed by atoms with Crippen molar-refractivity contribution < 1.29 is 9.50 Å². The van der Waals surface area contributed by atoms with E-state index in [0.29, 0.717) is 38.1 Å². The maximum atomic E-state index is 13.6. The number of fused-ring (bicyclic) bond motifs is 4. The monoisotopic (exact) mass is 340 g/mol. The van der Waals surface area contributed by atoms with Gasteiger partial charge < -0.3 is 10.4 Å². The topological polar surface area (TPSA) is 62.2 Å². The maximum Gasteiger partial charge on any atom is 0.196 e. The average Bonchev–Trinajstić information content (AvgIpc) is 2.60. The van der Waals surface area contributed by atoms with E-state index in [9.17, 15) is 9.18 Å². The summed E-state index contributed by atoms with van der Waals surface area (Å²) in [5.41, 5.74) is 0.481. The molecular formula is C18H13FN2O2S. The van der Waals surface area contributed by atoms with E-state index in [1.807, 2.05) is 24.3 Å². The van der Waals surface area contributed by atoms with Crippen LogP contribution in [-0.2, 0) is 0 Å². The fourth-order valence-electron chi connectivity index (χ4n) is 2.83. The fraction of sp³-hybridized carbons (Fsp3) is 0.111. The Kier molecular flexibility index (Phi) is 3.63. The molecular weight excluding hydrogens is 327 g/mol. The van der Waals surface area contributed by atoms with Crippen LogP contribution < -0.4 is 10.7 Å². The van der Waals surface area contributed by atoms with Gasteiger partial charge in [0, 0.05) is 22.0 Å². The highest BCUT2D eigenvalue weighted by atomic mass is 32.1. The third-order valence-electron chi connectivity index (χ3n) is 3.88. The van der Waals surface area contributed by atoms with Gasteiger partial charge in [0.1, 0.15) is 11.6 Å². The quantitative estimate of drug-likeness (QED) is 0.443. The van der Waals surface area contributed by atoms with Crippen LogP contribution in [0.25, 0.3) is 31.1 Å². The standard InChI is InChI=1S/C18H13FN2O2S/c19-10-5-6-14-12(9-10)16(23)15-11-3-1-2-4-13(11)21-18(17(15)24-14)20-7-8-22/h1-6,9,22H,7-8H2,(H,20,21). The molecule has 120 valence electrons. The minimum absolute atomic E-state index is 0.0380. The number of aromatic nitrogens is 1. The van der Waals surface area contributed by atoms with Gasteiger partial charge in [0.15, 0.2) is 5.43 Å². The van der Waals surface area contributed by atoms with Gasteiger partial charge in [0.05, 0.1) is 22.2 Å². The lowest BCUT2D eigenvalue weighted by molar-refractivity contribution is 0.311. The molecule has 0 unspecified atom stereocenters. The second-order valence-corrected chi connectivity index (χ2v) is 6.46. The third-order valence-corrected chi connectivity index (χ3v) is 5.05. The molecule has 2 aromatic heterocycles. The van der Waals surface area contributed by atoms with Gasteiger partial charge in [-0.1, -0.05) is 18.2 Å². The Morgan fingerprint density at radius 3 is 2.83 bits per heavy atom. The smallest absolute Gasteiger partial charge is 0.196 e. The highest BCUT2D eigenvalue weighted by Gasteiger charge is 2.15. The lowest BCUT2D eigenvalue weighted by atomic mass is 10.1. The van der Waals surface area contributed by atoms with Crippen LogP contribution in [-0.4, -0.2) is 23.2 Å². The van der Waals surface area contributed by atoms with Gasteiger partial charge in [-0.2, -0.15) is 0 Å². The van der Waals surface area contributed by atoms with Crippen LogP contribution >= 0.6 is 11.3 Å². The molecule has 0 saturated carbocycles. The van der Waals surface area contributed by atoms with Gasteiger partial charge in [-0.15, -0.1) is 11.3 Å². The molecule has 0 amide bonds. The number of anilines is 1. The van der Waals surface area contributed by atoms with Gasteiger partial charge in [-0.3, -0.25) is 4.79 Å². The van der Waals surface area contributed by atoms with Crippen LogP contribution in [0.2, 0.25) is 0 Å². The molecule has 0 aliphatic carbocycles. The molecule has 0 aliphatic heterocycles. The number of benzene rings is 2. The zero-order valence-corrected chi connectivity index (χ0v) is 13.4. The molecule has 2 aromatic carbocycles. The van der Waals surface area contributed by atoms with Crippen LogP contribution in [0, 0.1) is 5.82 Å². The molecule has 0 fully saturated rings. The predicted molar refractivity (Wildman–Crippen MR) is 96.4 cm³/mol. The summed E-state index contributed by atoms with van der Waals surface area (Å²) < 4.78 is 15.0. The van der Waals surface area contributed by atoms with E-state index in [0.717, 1.165) is 5.39 Å². The van der Waals surface area contributed by atoms with Gasteiger partial charge in [-0.25, -0.2) is 9.37 Å². The lowest BCUT2D eigenvalue weighted by Crippen LogP contribution is -2.10. The SMILES string of the molecule is O=c1c2cc(F)ccc2sc2c(NCCO)nc3ccccc3c12. The Balaban J connectivity index is 2.21. The van der Waals surface area contributed by atoms with Crippen molar-refractivity contribution in [2.75, 3.05) is 18.5 Å². The minimum Gasteiger partial charge on any atom is -0.395 e. The molecule has 0 aliphatic rings. The molecule has 0 spiro atoms. The summed E-state index contributed by atoms with van der Waals surface area (Å²) in [4.78, 5) is 17.6. The van der Waals surface area contributed by atoms with Gasteiger partial charge >= 0.3 is 0 Å². The number of para-hydroxylation sites is 1. The number of nitrogens with zero attached hydrogens (tertiary/aromatic N) is 1. The molecule has 4 rings (SSSR count). The third kappa shape index (κ3) is 2.31. The molecule has 4 nitrogen and oxygen atoms in total. The normalized spacial score (nSPS) is 11.4. The molecule has 0 bridgehead atoms. The minimum atomic E-state index is -0.428. The Morgan fingerprint density at radius 1 is 1.17 bits per heavy atom. The largest absolute Gasteiger partial charge is 0.395 e. The lowest BCUT2D eigenvalue weighted by Gasteiger charge is -2.11. The molecule has 24 heavy (non-hydrogen) atoms. The van der Waals surface area contributed by atoms with Gasteiger partial charge in [0.25, 0.3) is 0 Å². The highest BCUT2D eigenvalue weighted by Crippen LogP contribution is 2.33. The maximum absolute atomic E-state index is 13.6. The number of hydrogen-bond donors (Lipinski definition) is 2. The Hall–Kier alpha value is -2.57. The van der Waals surface area contributed by atoms with Gasteiger partial charge in [0.2, 0.25) is 0 Å². The summed E-state index contributed by atoms with van der Waals surface area (Å²) in [5, 5.41) is 13.8. The zero-order chi connectivity index (χ0) is 16.7. The van der Waals surface area contributed by atoms with Crippen molar-refractivity contribution in [2.45, 2.75) is 0 Å². The van der Waals surface area contributed by atoms with Crippen molar-refractivity contribution >= 4 is 48.2 Å². The first-order valence-corrected chi connectivity index (χ1v) is 8.30. The summed E-state index contributed by atoms with van der Waals surface area (Å²) in [7, 11) is 0. The van der Waals surface area contributed by atoms with Gasteiger partial charge in [-0.05, 0) is 24.3 Å². The van der Waals surface area contributed by atoms with Crippen molar-refractivity contribution in [1.82, 2.24) is 4.98 Å². The summed E-state index contributed by atoms with van der Waals surface area (Å²) in [6.07, 6.45) is 0. The summed E-state index contributed by atoms with van der Waals surface area (Å²) in [5.74, 6) is 0.134. The first-order chi connectivity index (χ1) is 11.7. The van der Waals surface area contributed by atoms with Crippen molar-refractivity contribution in [1.29, 1.82) is 0 Å². The van der Waals surface area contributed by atoms with Crippen LogP contribution in [0.1, 0.15) is 0 Å². The highest BCUT2D eigenvalue weighted by molar-refractivity contribution is 7.25. The van der Waals surface area contributed by atoms with Crippen molar-refractivity contribution in [2.24, 2.45) is 0 Å². The van der Waals surface area contributed by atoms with Crippen LogP contribution in [0.4, 0.5) is 10.2 Å². The second kappa shape index (κ2) is 5.81. The second-order valence-electron chi connectivity index (χ2n) is 5.40. The summed E-state index contributed by atoms with van der Waals surface area (Å²) in [6.45, 7) is 0.298.